The van der Waals surface area contributed by atoms with Crippen LogP contribution in [0.15, 0.2) is 194 Å². The van der Waals surface area contributed by atoms with Crippen molar-refractivity contribution in [2.24, 2.45) is 0 Å². The summed E-state index contributed by atoms with van der Waals surface area (Å²) < 4.78 is 5.15. The molecule has 0 fully saturated rings. The van der Waals surface area contributed by atoms with Crippen LogP contribution in [0.3, 0.4) is 0 Å². The van der Waals surface area contributed by atoms with E-state index >= 15 is 0 Å². The van der Waals surface area contributed by atoms with Gasteiger partial charge in [-0.25, -0.2) is 0 Å². The summed E-state index contributed by atoms with van der Waals surface area (Å²) in [6, 6.07) is 72.1. The molecule has 60 heavy (non-hydrogen) atoms. The lowest BCUT2D eigenvalue weighted by Gasteiger charge is -2.33. The molecule has 12 aromatic rings. The van der Waals surface area contributed by atoms with Crippen LogP contribution in [0.4, 0.5) is 34.1 Å². The third kappa shape index (κ3) is 5.45. The molecule has 0 radical (unpaired) electrons. The summed E-state index contributed by atoms with van der Waals surface area (Å²) >= 11 is 3.76. The third-order valence-electron chi connectivity index (χ3n) is 12.0. The van der Waals surface area contributed by atoms with E-state index in [9.17, 15) is 0 Å². The zero-order valence-corrected chi connectivity index (χ0v) is 34.8. The Kier molecular flexibility index (Phi) is 8.06. The van der Waals surface area contributed by atoms with Gasteiger partial charge in [-0.15, -0.1) is 22.7 Å². The minimum absolute atomic E-state index is 1.14. The van der Waals surface area contributed by atoms with Gasteiger partial charge >= 0.3 is 0 Å². The molecule has 0 aliphatic rings. The van der Waals surface area contributed by atoms with E-state index < -0.39 is 0 Å². The topological polar surface area (TPSA) is 6.48 Å². The van der Waals surface area contributed by atoms with E-state index in [2.05, 4.69) is 218 Å². The number of hydrogen-bond donors (Lipinski definition) is 0. The molecule has 10 aromatic carbocycles. The van der Waals surface area contributed by atoms with Crippen LogP contribution < -0.4 is 9.80 Å². The zero-order chi connectivity index (χ0) is 39.9. The van der Waals surface area contributed by atoms with Crippen molar-refractivity contribution in [3.05, 3.63) is 205 Å². The standard InChI is InChI=1S/C56H38N2S2/c1-35-15-11-19-39(31-35)57(49-27-13-25-45-41-21-7-9-29-51(41)59-55(45)49)53-43-23-5-6-24-44(43)54(48-34-38-18-4-3-17-37(38)33-47(48)53)58(40-20-12-16-36(2)32-40)50-28-14-26-46-42-22-8-10-30-52(42)60-56(46)50/h3-34H,1-2H3. The summed E-state index contributed by atoms with van der Waals surface area (Å²) in [7, 11) is 0. The van der Waals surface area contributed by atoms with Crippen LogP contribution in [0.5, 0.6) is 0 Å². The summed E-state index contributed by atoms with van der Waals surface area (Å²) in [5.74, 6) is 0. The molecule has 0 atom stereocenters. The van der Waals surface area contributed by atoms with E-state index in [1.165, 1.54) is 107 Å². The highest BCUT2D eigenvalue weighted by atomic mass is 32.1. The smallest absolute Gasteiger partial charge is 0.0640 e. The van der Waals surface area contributed by atoms with Crippen LogP contribution in [-0.4, -0.2) is 0 Å². The molecule has 2 nitrogen and oxygen atoms in total. The van der Waals surface area contributed by atoms with Crippen molar-refractivity contribution >= 4 is 129 Å². The molecule has 0 spiro atoms. The fourth-order valence-corrected chi connectivity index (χ4v) is 11.8. The van der Waals surface area contributed by atoms with E-state index in [1.54, 1.807) is 0 Å². The van der Waals surface area contributed by atoms with Crippen LogP contribution in [0.25, 0.3) is 72.7 Å². The predicted molar refractivity (Wildman–Crippen MR) is 264 cm³/mol. The maximum Gasteiger partial charge on any atom is 0.0640 e. The minimum atomic E-state index is 1.14. The molecular formula is C56H38N2S2. The molecule has 0 saturated carbocycles. The average molecular weight is 803 g/mol. The van der Waals surface area contributed by atoms with Gasteiger partial charge in [0.2, 0.25) is 0 Å². The minimum Gasteiger partial charge on any atom is -0.308 e. The molecule has 0 N–H and O–H groups in total. The molecule has 284 valence electrons. The number of benzene rings is 10. The van der Waals surface area contributed by atoms with Crippen molar-refractivity contribution in [3.63, 3.8) is 0 Å². The fourth-order valence-electron chi connectivity index (χ4n) is 9.43. The second-order valence-corrected chi connectivity index (χ2v) is 17.9. The van der Waals surface area contributed by atoms with Gasteiger partial charge in [-0.05, 0) is 96.4 Å². The number of aryl methyl sites for hydroxylation is 2. The molecule has 2 heterocycles. The normalized spacial score (nSPS) is 11.8. The van der Waals surface area contributed by atoms with Gasteiger partial charge < -0.3 is 9.80 Å². The predicted octanol–water partition coefficient (Wildman–Crippen LogP) is 17.4. The van der Waals surface area contributed by atoms with Crippen LogP contribution in [0, 0.1) is 13.8 Å². The lowest BCUT2D eigenvalue weighted by atomic mass is 9.93. The Labute approximate surface area is 356 Å². The molecule has 4 heteroatoms. The van der Waals surface area contributed by atoms with Crippen molar-refractivity contribution in [2.45, 2.75) is 13.8 Å². The number of rotatable bonds is 6. The largest absolute Gasteiger partial charge is 0.308 e. The Morgan fingerprint density at radius 2 is 0.700 bits per heavy atom. The molecule has 0 aliphatic heterocycles. The summed E-state index contributed by atoms with van der Waals surface area (Å²) in [5.41, 5.74) is 9.42. The number of anilines is 6. The second kappa shape index (κ2) is 13.8. The van der Waals surface area contributed by atoms with E-state index in [1.807, 2.05) is 22.7 Å². The second-order valence-electron chi connectivity index (χ2n) is 15.8. The molecule has 0 amide bonds. The summed E-state index contributed by atoms with van der Waals surface area (Å²) in [4.78, 5) is 5.11. The SMILES string of the molecule is Cc1cccc(N(c2c3ccccc3c(N(c3cccc(C)c3)c3cccc4c3sc3ccccc34)c3cc4ccccc4cc23)c2cccc3c2sc2ccccc23)c1. The van der Waals surface area contributed by atoms with Gasteiger partial charge in [0.25, 0.3) is 0 Å². The zero-order valence-electron chi connectivity index (χ0n) is 33.2. The highest BCUT2D eigenvalue weighted by Gasteiger charge is 2.28. The average Bonchev–Trinajstić information content (AvgIpc) is 3.86. The van der Waals surface area contributed by atoms with Crippen molar-refractivity contribution in [3.8, 4) is 0 Å². The Morgan fingerprint density at radius 3 is 1.15 bits per heavy atom. The Balaban J connectivity index is 1.26. The highest BCUT2D eigenvalue weighted by Crippen LogP contribution is 2.55. The number of nitrogens with zero attached hydrogens (tertiary/aromatic N) is 2. The van der Waals surface area contributed by atoms with Crippen molar-refractivity contribution < 1.29 is 0 Å². The van der Waals surface area contributed by atoms with Crippen molar-refractivity contribution in [1.82, 2.24) is 0 Å². The first kappa shape index (κ1) is 35.0. The van der Waals surface area contributed by atoms with E-state index in [0.29, 0.717) is 0 Å². The molecule has 0 saturated heterocycles. The summed E-state index contributed by atoms with van der Waals surface area (Å²) in [6.07, 6.45) is 0. The quantitative estimate of drug-likeness (QED) is 0.122. The maximum atomic E-state index is 2.55. The van der Waals surface area contributed by atoms with E-state index in [4.69, 9.17) is 0 Å². The fraction of sp³-hybridized carbons (Fsp3) is 0.0357. The van der Waals surface area contributed by atoms with Gasteiger partial charge in [-0.1, -0.05) is 133 Å². The van der Waals surface area contributed by atoms with Gasteiger partial charge in [0.1, 0.15) is 0 Å². The Bertz CT molecular complexity index is 3430. The number of hydrogen-bond acceptors (Lipinski definition) is 4. The summed E-state index contributed by atoms with van der Waals surface area (Å²) in [5, 5.41) is 12.4. The van der Waals surface area contributed by atoms with Crippen molar-refractivity contribution in [2.75, 3.05) is 9.80 Å². The van der Waals surface area contributed by atoms with Crippen LogP contribution in [-0.2, 0) is 0 Å². The lowest BCUT2D eigenvalue weighted by molar-refractivity contribution is 1.30. The third-order valence-corrected chi connectivity index (χ3v) is 14.5. The van der Waals surface area contributed by atoms with Crippen LogP contribution in [0.2, 0.25) is 0 Å². The van der Waals surface area contributed by atoms with Gasteiger partial charge in [-0.2, -0.15) is 0 Å². The molecule has 2 aromatic heterocycles. The molecule has 0 unspecified atom stereocenters. The van der Waals surface area contributed by atoms with Crippen LogP contribution in [0.1, 0.15) is 11.1 Å². The molecule has 12 rings (SSSR count). The molecular weight excluding hydrogens is 765 g/mol. The van der Waals surface area contributed by atoms with Gasteiger partial charge in [-0.3, -0.25) is 0 Å². The lowest BCUT2D eigenvalue weighted by Crippen LogP contribution is -2.15. The monoisotopic (exact) mass is 802 g/mol. The van der Waals surface area contributed by atoms with Gasteiger partial charge in [0, 0.05) is 63.9 Å². The highest BCUT2D eigenvalue weighted by molar-refractivity contribution is 7.26. The Hall–Kier alpha value is -6.98. The first-order valence-electron chi connectivity index (χ1n) is 20.5. The first-order valence-corrected chi connectivity index (χ1v) is 22.1. The van der Waals surface area contributed by atoms with Gasteiger partial charge in [0.05, 0.1) is 32.1 Å². The van der Waals surface area contributed by atoms with Crippen molar-refractivity contribution in [1.29, 1.82) is 0 Å². The van der Waals surface area contributed by atoms with Gasteiger partial charge in [0.15, 0.2) is 0 Å². The molecule has 0 aliphatic carbocycles. The Morgan fingerprint density at radius 1 is 0.317 bits per heavy atom. The number of thiophene rings is 2. The van der Waals surface area contributed by atoms with E-state index in [-0.39, 0.29) is 0 Å². The number of fused-ring (bicyclic) bond motifs is 9. The first-order chi connectivity index (χ1) is 29.6. The van der Waals surface area contributed by atoms with Crippen LogP contribution >= 0.6 is 22.7 Å². The maximum absolute atomic E-state index is 2.55. The molecule has 0 bridgehead atoms. The summed E-state index contributed by atoms with van der Waals surface area (Å²) in [6.45, 7) is 4.39. The van der Waals surface area contributed by atoms with E-state index in [0.717, 1.165) is 11.4 Å².